The van der Waals surface area contributed by atoms with Gasteiger partial charge in [0.25, 0.3) is 0 Å². The van der Waals surface area contributed by atoms with Crippen molar-refractivity contribution in [1.82, 2.24) is 0 Å². The molecule has 0 unspecified atom stereocenters. The predicted octanol–water partition coefficient (Wildman–Crippen LogP) is 3.92. The highest BCUT2D eigenvalue weighted by Gasteiger charge is 2.41. The van der Waals surface area contributed by atoms with E-state index in [0.717, 1.165) is 12.1 Å². The highest BCUT2D eigenvalue weighted by molar-refractivity contribution is 6.59. The quantitative estimate of drug-likeness (QED) is 0.164. The van der Waals surface area contributed by atoms with Gasteiger partial charge in [-0.2, -0.15) is 0 Å². The standard InChI is InChI=1S/C27H16B2F8O5/c1-27(2)11-7-3-5-9(13-17(30)21(34)15(28(38)39)22(35)18(13)31)25(11)42-26-10(6-4-8-12(26)27)14-19(32)23(36)16(29(40)41)24(37)20(14)33/h3-8,38-41H,1-2H3. The molecule has 216 valence electrons. The van der Waals surface area contributed by atoms with E-state index in [-0.39, 0.29) is 11.1 Å². The Hall–Kier alpha value is -3.91. The van der Waals surface area contributed by atoms with E-state index in [0.29, 0.717) is 0 Å². The van der Waals surface area contributed by atoms with Gasteiger partial charge in [-0.15, -0.1) is 0 Å². The van der Waals surface area contributed by atoms with Crippen LogP contribution < -0.4 is 15.7 Å². The average molecular weight is 594 g/mol. The van der Waals surface area contributed by atoms with Gasteiger partial charge < -0.3 is 24.8 Å². The van der Waals surface area contributed by atoms with Crippen LogP contribution in [0.3, 0.4) is 0 Å². The molecule has 4 aromatic rings. The maximum Gasteiger partial charge on any atom is 0.494 e. The lowest BCUT2D eigenvalue weighted by Gasteiger charge is -2.36. The first kappa shape index (κ1) is 29.6. The molecule has 4 N–H and O–H groups in total. The summed E-state index contributed by atoms with van der Waals surface area (Å²) in [5.74, 6) is -17.3. The van der Waals surface area contributed by atoms with Gasteiger partial charge in [0, 0.05) is 27.7 Å². The Morgan fingerprint density at radius 1 is 0.524 bits per heavy atom. The van der Waals surface area contributed by atoms with Crippen molar-refractivity contribution in [2.75, 3.05) is 0 Å². The maximum atomic E-state index is 15.2. The average Bonchev–Trinajstić information content (AvgIpc) is 2.91. The summed E-state index contributed by atoms with van der Waals surface area (Å²) in [5, 5.41) is 36.8. The Bertz CT molecular complexity index is 1610. The monoisotopic (exact) mass is 594 g/mol. The molecule has 5 rings (SSSR count). The van der Waals surface area contributed by atoms with Gasteiger partial charge in [-0.3, -0.25) is 0 Å². The Balaban J connectivity index is 1.81. The molecular weight excluding hydrogens is 578 g/mol. The third-order valence-electron chi connectivity index (χ3n) is 7.23. The van der Waals surface area contributed by atoms with E-state index >= 15 is 17.6 Å². The third kappa shape index (κ3) is 4.10. The molecule has 1 heterocycles. The molecule has 0 atom stereocenters. The second-order valence-corrected chi connectivity index (χ2v) is 9.93. The Morgan fingerprint density at radius 3 is 1.12 bits per heavy atom. The minimum absolute atomic E-state index is 0.174. The largest absolute Gasteiger partial charge is 0.494 e. The van der Waals surface area contributed by atoms with Gasteiger partial charge in [-0.25, -0.2) is 35.1 Å². The van der Waals surface area contributed by atoms with Gasteiger partial charge in [0.15, 0.2) is 46.5 Å². The Kier molecular flexibility index (Phi) is 7.13. The third-order valence-corrected chi connectivity index (χ3v) is 7.23. The molecule has 1 aliphatic rings. The molecule has 0 spiro atoms. The maximum absolute atomic E-state index is 15.2. The van der Waals surface area contributed by atoms with Gasteiger partial charge in [0.1, 0.15) is 11.5 Å². The number of ether oxygens (including phenoxy) is 1. The summed E-state index contributed by atoms with van der Waals surface area (Å²) >= 11 is 0. The normalized spacial score (nSPS) is 13.4. The van der Waals surface area contributed by atoms with Crippen LogP contribution >= 0.6 is 0 Å². The Labute approximate surface area is 232 Å². The molecule has 42 heavy (non-hydrogen) atoms. The van der Waals surface area contributed by atoms with E-state index in [1.807, 2.05) is 0 Å². The molecule has 0 aromatic heterocycles. The molecule has 1 aliphatic heterocycles. The van der Waals surface area contributed by atoms with Gasteiger partial charge >= 0.3 is 14.2 Å². The molecule has 0 fully saturated rings. The van der Waals surface area contributed by atoms with Crippen molar-refractivity contribution in [3.05, 3.63) is 94.1 Å². The van der Waals surface area contributed by atoms with Crippen molar-refractivity contribution >= 4 is 25.2 Å². The molecule has 4 aromatic carbocycles. The van der Waals surface area contributed by atoms with Gasteiger partial charge in [-0.1, -0.05) is 50.2 Å². The zero-order valence-corrected chi connectivity index (χ0v) is 21.3. The summed E-state index contributed by atoms with van der Waals surface area (Å²) in [6, 6.07) is 7.44. The van der Waals surface area contributed by atoms with Crippen LogP contribution in [0, 0.1) is 46.5 Å². The predicted molar refractivity (Wildman–Crippen MR) is 135 cm³/mol. The lowest BCUT2D eigenvalue weighted by molar-refractivity contribution is 0.407. The lowest BCUT2D eigenvalue weighted by atomic mass is 9.73. The lowest BCUT2D eigenvalue weighted by Crippen LogP contribution is -2.38. The van der Waals surface area contributed by atoms with E-state index in [1.54, 1.807) is 13.8 Å². The number of rotatable bonds is 4. The number of para-hydroxylation sites is 2. The summed E-state index contributed by atoms with van der Waals surface area (Å²) in [7, 11) is -5.80. The second kappa shape index (κ2) is 10.1. The molecule has 0 saturated heterocycles. The molecule has 0 bridgehead atoms. The fourth-order valence-corrected chi connectivity index (χ4v) is 5.14. The van der Waals surface area contributed by atoms with E-state index < -0.39 is 111 Å². The number of halogens is 8. The van der Waals surface area contributed by atoms with Crippen LogP contribution in [-0.4, -0.2) is 34.3 Å². The van der Waals surface area contributed by atoms with Crippen molar-refractivity contribution < 1.29 is 60.0 Å². The van der Waals surface area contributed by atoms with E-state index in [9.17, 15) is 37.7 Å². The van der Waals surface area contributed by atoms with E-state index in [2.05, 4.69) is 0 Å². The fraction of sp³-hybridized carbons (Fsp3) is 0.111. The first-order valence-corrected chi connectivity index (χ1v) is 12.0. The van der Waals surface area contributed by atoms with Crippen LogP contribution in [0.15, 0.2) is 36.4 Å². The molecule has 0 saturated carbocycles. The van der Waals surface area contributed by atoms with Crippen LogP contribution in [0.1, 0.15) is 25.0 Å². The van der Waals surface area contributed by atoms with Crippen LogP contribution in [0.25, 0.3) is 22.3 Å². The topological polar surface area (TPSA) is 90.2 Å². The van der Waals surface area contributed by atoms with Crippen molar-refractivity contribution in [3.8, 4) is 33.8 Å². The zero-order chi connectivity index (χ0) is 31.0. The highest BCUT2D eigenvalue weighted by atomic mass is 19.2. The van der Waals surface area contributed by atoms with Crippen LogP contribution in [-0.2, 0) is 5.41 Å². The summed E-state index contributed by atoms with van der Waals surface area (Å²) in [6.07, 6.45) is 0. The van der Waals surface area contributed by atoms with E-state index in [4.69, 9.17) is 4.74 Å². The van der Waals surface area contributed by atoms with Crippen LogP contribution in [0.4, 0.5) is 35.1 Å². The minimum atomic E-state index is -2.90. The Morgan fingerprint density at radius 2 is 0.833 bits per heavy atom. The SMILES string of the molecule is CC1(C)c2cccc(-c3c(F)c(F)c(B(O)O)c(F)c3F)c2Oc2c(-c3c(F)c(F)c(B(O)O)c(F)c3F)cccc21. The molecule has 15 heteroatoms. The summed E-state index contributed by atoms with van der Waals surface area (Å²) in [4.78, 5) is 0. The molecule has 0 amide bonds. The van der Waals surface area contributed by atoms with Gasteiger partial charge in [0.2, 0.25) is 0 Å². The highest BCUT2D eigenvalue weighted by Crippen LogP contribution is 2.54. The van der Waals surface area contributed by atoms with Crippen molar-refractivity contribution in [2.45, 2.75) is 19.3 Å². The molecule has 0 aliphatic carbocycles. The van der Waals surface area contributed by atoms with Gasteiger partial charge in [-0.05, 0) is 0 Å². The summed E-state index contributed by atoms with van der Waals surface area (Å²) < 4.78 is 125. The zero-order valence-electron chi connectivity index (χ0n) is 21.3. The molecule has 0 radical (unpaired) electrons. The summed E-state index contributed by atoms with van der Waals surface area (Å²) in [6.45, 7) is 3.11. The first-order valence-electron chi connectivity index (χ1n) is 12.0. The number of benzene rings is 4. The summed E-state index contributed by atoms with van der Waals surface area (Å²) in [5.41, 5.74) is -8.05. The van der Waals surface area contributed by atoms with Crippen molar-refractivity contribution in [3.63, 3.8) is 0 Å². The molecular formula is C27H16B2F8O5. The number of hydrogen-bond acceptors (Lipinski definition) is 5. The van der Waals surface area contributed by atoms with E-state index in [1.165, 1.54) is 24.3 Å². The molecule has 5 nitrogen and oxygen atoms in total. The first-order chi connectivity index (χ1) is 19.6. The minimum Gasteiger partial charge on any atom is -0.455 e. The fourth-order valence-electron chi connectivity index (χ4n) is 5.14. The number of fused-ring (bicyclic) bond motifs is 2. The number of hydrogen-bond donors (Lipinski definition) is 4. The smallest absolute Gasteiger partial charge is 0.455 e. The van der Waals surface area contributed by atoms with Crippen LogP contribution in [0.2, 0.25) is 0 Å². The second-order valence-electron chi connectivity index (χ2n) is 9.93. The van der Waals surface area contributed by atoms with Crippen molar-refractivity contribution in [2.24, 2.45) is 0 Å². The van der Waals surface area contributed by atoms with Gasteiger partial charge in [0.05, 0.1) is 22.1 Å². The van der Waals surface area contributed by atoms with Crippen LogP contribution in [0.5, 0.6) is 11.5 Å². The van der Waals surface area contributed by atoms with Crippen molar-refractivity contribution in [1.29, 1.82) is 0 Å².